The molecule has 0 saturated heterocycles. The number of aromatic nitrogens is 2. The Bertz CT molecular complexity index is 1180. The number of nitrogens with zero attached hydrogens (tertiary/aromatic N) is 4. The number of nitriles is 1. The van der Waals surface area contributed by atoms with Gasteiger partial charge in [-0.2, -0.15) is 5.26 Å². The van der Waals surface area contributed by atoms with Gasteiger partial charge in [-0.3, -0.25) is 14.7 Å². The van der Waals surface area contributed by atoms with Gasteiger partial charge in [0.1, 0.15) is 5.82 Å². The third-order valence-corrected chi connectivity index (χ3v) is 5.18. The highest BCUT2D eigenvalue weighted by Crippen LogP contribution is 2.31. The molecule has 0 aliphatic heterocycles. The van der Waals surface area contributed by atoms with E-state index < -0.39 is 0 Å². The average molecular weight is 388 g/mol. The molecule has 2 aromatic carbocycles. The van der Waals surface area contributed by atoms with Gasteiger partial charge in [-0.1, -0.05) is 17.4 Å². The number of pyridine rings is 1. The lowest BCUT2D eigenvalue weighted by Gasteiger charge is -2.20. The molecule has 1 amide bonds. The highest BCUT2D eigenvalue weighted by Gasteiger charge is 2.22. The topological polar surface area (TPSA) is 69.9 Å². The number of carbonyl (C=O) groups excluding carboxylic acids is 1. The zero-order valence-corrected chi connectivity index (χ0v) is 15.4. The maximum absolute atomic E-state index is 13.6. The monoisotopic (exact) mass is 388 g/mol. The Labute approximate surface area is 164 Å². The van der Waals surface area contributed by atoms with Crippen molar-refractivity contribution in [2.75, 3.05) is 4.90 Å². The van der Waals surface area contributed by atoms with Crippen LogP contribution in [0.1, 0.15) is 21.5 Å². The summed E-state index contributed by atoms with van der Waals surface area (Å²) in [4.78, 5) is 23.4. The molecule has 0 saturated carbocycles. The molecule has 0 fully saturated rings. The van der Waals surface area contributed by atoms with Gasteiger partial charge in [0.05, 0.1) is 28.4 Å². The zero-order chi connectivity index (χ0) is 19.5. The van der Waals surface area contributed by atoms with Crippen molar-refractivity contribution in [3.8, 4) is 6.07 Å². The first-order chi connectivity index (χ1) is 13.6. The Balaban J connectivity index is 1.75. The van der Waals surface area contributed by atoms with E-state index in [4.69, 9.17) is 5.26 Å². The predicted molar refractivity (Wildman–Crippen MR) is 105 cm³/mol. The van der Waals surface area contributed by atoms with Crippen molar-refractivity contribution in [1.82, 2.24) is 9.97 Å². The van der Waals surface area contributed by atoms with Gasteiger partial charge < -0.3 is 0 Å². The van der Waals surface area contributed by atoms with Crippen LogP contribution in [0.2, 0.25) is 0 Å². The molecular weight excluding hydrogens is 375 g/mol. The molecule has 0 bridgehead atoms. The fourth-order valence-electron chi connectivity index (χ4n) is 2.75. The molecule has 0 atom stereocenters. The van der Waals surface area contributed by atoms with Crippen molar-refractivity contribution < 1.29 is 9.18 Å². The summed E-state index contributed by atoms with van der Waals surface area (Å²) < 4.78 is 14.2. The molecule has 0 radical (unpaired) electrons. The van der Waals surface area contributed by atoms with E-state index in [-0.39, 0.29) is 18.3 Å². The molecule has 0 unspecified atom stereocenters. The molecule has 0 spiro atoms. The van der Waals surface area contributed by atoms with Crippen molar-refractivity contribution in [1.29, 1.82) is 5.26 Å². The zero-order valence-electron chi connectivity index (χ0n) is 14.5. The quantitative estimate of drug-likeness (QED) is 0.514. The number of hydrogen-bond donors (Lipinski definition) is 0. The third-order valence-electron chi connectivity index (χ3n) is 4.14. The molecule has 2 aromatic heterocycles. The van der Waals surface area contributed by atoms with Gasteiger partial charge in [-0.25, -0.2) is 9.37 Å². The third kappa shape index (κ3) is 3.59. The molecule has 0 N–H and O–H groups in total. The summed E-state index contributed by atoms with van der Waals surface area (Å²) in [6, 6.07) is 16.5. The van der Waals surface area contributed by atoms with Gasteiger partial charge in [-0.15, -0.1) is 0 Å². The van der Waals surface area contributed by atoms with Crippen molar-refractivity contribution in [3.63, 3.8) is 0 Å². The van der Waals surface area contributed by atoms with Crippen LogP contribution < -0.4 is 4.90 Å². The molecule has 0 aliphatic rings. The first-order valence-corrected chi connectivity index (χ1v) is 9.23. The molecule has 7 heteroatoms. The van der Waals surface area contributed by atoms with Crippen molar-refractivity contribution >= 4 is 32.6 Å². The Kier molecular flexibility index (Phi) is 4.79. The van der Waals surface area contributed by atoms with Crippen LogP contribution in [0.4, 0.5) is 9.52 Å². The Morgan fingerprint density at radius 3 is 2.71 bits per heavy atom. The number of carbonyl (C=O) groups is 1. The number of amides is 1. The standard InChI is InChI=1S/C21H13FN4OS/c22-17-7-8-18-19(10-17)28-21(25-18)26(13-15-2-1-9-24-12-15)20(27)16-5-3-14(11-23)4-6-16/h1-10,12H,13H2. The molecule has 0 aliphatic carbocycles. The Morgan fingerprint density at radius 2 is 2.00 bits per heavy atom. The van der Waals surface area contributed by atoms with Crippen LogP contribution >= 0.6 is 11.3 Å². The lowest BCUT2D eigenvalue weighted by molar-refractivity contribution is 0.0985. The smallest absolute Gasteiger partial charge is 0.260 e. The van der Waals surface area contributed by atoms with E-state index >= 15 is 0 Å². The minimum atomic E-state index is -0.347. The van der Waals surface area contributed by atoms with E-state index in [0.29, 0.717) is 26.5 Å². The van der Waals surface area contributed by atoms with Crippen LogP contribution in [0.25, 0.3) is 10.2 Å². The van der Waals surface area contributed by atoms with Gasteiger partial charge in [0.25, 0.3) is 5.91 Å². The molecule has 4 rings (SSSR count). The largest absolute Gasteiger partial charge is 0.279 e. The van der Waals surface area contributed by atoms with E-state index in [1.165, 1.54) is 23.5 Å². The van der Waals surface area contributed by atoms with E-state index in [1.807, 2.05) is 12.1 Å². The maximum Gasteiger partial charge on any atom is 0.260 e. The van der Waals surface area contributed by atoms with Gasteiger partial charge in [0.15, 0.2) is 5.13 Å². The second kappa shape index (κ2) is 7.55. The number of anilines is 1. The first kappa shape index (κ1) is 17.8. The van der Waals surface area contributed by atoms with Gasteiger partial charge in [0, 0.05) is 18.0 Å². The second-order valence-corrected chi connectivity index (χ2v) is 7.06. The summed E-state index contributed by atoms with van der Waals surface area (Å²) in [7, 11) is 0. The number of thiazole rings is 1. The number of halogens is 1. The van der Waals surface area contributed by atoms with Gasteiger partial charge >= 0.3 is 0 Å². The molecule has 28 heavy (non-hydrogen) atoms. The number of fused-ring (bicyclic) bond motifs is 1. The van der Waals surface area contributed by atoms with E-state index in [1.54, 1.807) is 53.7 Å². The van der Waals surface area contributed by atoms with Crippen molar-refractivity contribution in [3.05, 3.63) is 89.5 Å². The van der Waals surface area contributed by atoms with Crippen LogP contribution in [-0.4, -0.2) is 15.9 Å². The number of hydrogen-bond acceptors (Lipinski definition) is 5. The maximum atomic E-state index is 13.6. The summed E-state index contributed by atoms with van der Waals surface area (Å²) in [5.74, 6) is -0.604. The Hall–Kier alpha value is -3.63. The summed E-state index contributed by atoms with van der Waals surface area (Å²) in [5, 5.41) is 9.43. The summed E-state index contributed by atoms with van der Waals surface area (Å²) in [5.41, 5.74) is 2.39. The van der Waals surface area contributed by atoms with Crippen LogP contribution in [0.3, 0.4) is 0 Å². The van der Waals surface area contributed by atoms with Crippen molar-refractivity contribution in [2.24, 2.45) is 0 Å². The van der Waals surface area contributed by atoms with E-state index in [0.717, 1.165) is 5.56 Å². The fourth-order valence-corrected chi connectivity index (χ4v) is 3.73. The molecular formula is C21H13FN4OS. The molecule has 5 nitrogen and oxygen atoms in total. The summed E-state index contributed by atoms with van der Waals surface area (Å²) >= 11 is 1.25. The van der Waals surface area contributed by atoms with E-state index in [9.17, 15) is 9.18 Å². The molecule has 4 aromatic rings. The van der Waals surface area contributed by atoms with E-state index in [2.05, 4.69) is 9.97 Å². The SMILES string of the molecule is N#Cc1ccc(C(=O)N(Cc2cccnc2)c2nc3ccc(F)cc3s2)cc1. The highest BCUT2D eigenvalue weighted by molar-refractivity contribution is 7.22. The minimum Gasteiger partial charge on any atom is -0.279 e. The lowest BCUT2D eigenvalue weighted by Crippen LogP contribution is -2.30. The van der Waals surface area contributed by atoms with Gasteiger partial charge in [-0.05, 0) is 54.1 Å². The first-order valence-electron chi connectivity index (χ1n) is 8.41. The average Bonchev–Trinajstić information content (AvgIpc) is 3.15. The summed E-state index contributed by atoms with van der Waals surface area (Å²) in [6.45, 7) is 0.273. The predicted octanol–water partition coefficient (Wildman–Crippen LogP) is 4.55. The highest BCUT2D eigenvalue weighted by atomic mass is 32.1. The van der Waals surface area contributed by atoms with Crippen LogP contribution in [-0.2, 0) is 6.54 Å². The Morgan fingerprint density at radius 1 is 1.18 bits per heavy atom. The van der Waals surface area contributed by atoms with Gasteiger partial charge in [0.2, 0.25) is 0 Å². The van der Waals surface area contributed by atoms with Crippen LogP contribution in [0.5, 0.6) is 0 Å². The second-order valence-electron chi connectivity index (χ2n) is 6.05. The van der Waals surface area contributed by atoms with Crippen molar-refractivity contribution in [2.45, 2.75) is 6.54 Å². The number of benzene rings is 2. The molecule has 2 heterocycles. The van der Waals surface area contributed by atoms with Crippen LogP contribution in [0.15, 0.2) is 67.0 Å². The fraction of sp³-hybridized carbons (Fsp3) is 0.0476. The minimum absolute atomic E-state index is 0.257. The molecule has 136 valence electrons. The van der Waals surface area contributed by atoms with Crippen LogP contribution in [0, 0.1) is 17.1 Å². The number of rotatable bonds is 4. The summed E-state index contributed by atoms with van der Waals surface area (Å²) in [6.07, 6.45) is 3.35. The normalized spacial score (nSPS) is 10.6. The lowest BCUT2D eigenvalue weighted by atomic mass is 10.1.